The van der Waals surface area contributed by atoms with Gasteiger partial charge in [0.05, 0.1) is 12.6 Å². The van der Waals surface area contributed by atoms with Crippen molar-refractivity contribution >= 4 is 23.9 Å². The molecule has 2 aromatic rings. The lowest BCUT2D eigenvalue weighted by atomic mass is 9.91. The van der Waals surface area contributed by atoms with Crippen LogP contribution in [0.2, 0.25) is 0 Å². The number of carbonyl (C=O) groups excluding carboxylic acids is 4. The standard InChI is InChI=1S/C39H55N3O7/c1-6-47-37(45)34(19-13-10-14-29-20-22-41(23-21-29)38(46)48-27-30-15-8-7-9-16-30)40-28(2)36(44)42(26-35(43)49-39(3,4)5)33-24-31-17-11-12-18-32(31)25-33/h7-9,11-12,15-18,28-29,33-34,40H,6,10,13-14,19-27H2,1-5H3/t28-,34-/m0/s1. The van der Waals surface area contributed by atoms with Gasteiger partial charge in [0.2, 0.25) is 5.91 Å². The minimum absolute atomic E-state index is 0.158. The Hall–Kier alpha value is -3.92. The van der Waals surface area contributed by atoms with E-state index in [1.54, 1.807) is 23.6 Å². The molecule has 1 saturated heterocycles. The third-order valence-electron chi connectivity index (χ3n) is 9.30. The number of amides is 2. The summed E-state index contributed by atoms with van der Waals surface area (Å²) in [6, 6.07) is 16.2. The number of rotatable bonds is 15. The molecule has 2 atom stereocenters. The number of nitrogens with zero attached hydrogens (tertiary/aromatic N) is 2. The fourth-order valence-electron chi connectivity index (χ4n) is 6.79. The Kier molecular flexibility index (Phi) is 14.1. The van der Waals surface area contributed by atoms with Gasteiger partial charge in [0, 0.05) is 19.1 Å². The number of hydrogen-bond acceptors (Lipinski definition) is 8. The van der Waals surface area contributed by atoms with Crippen LogP contribution in [0.25, 0.3) is 0 Å². The van der Waals surface area contributed by atoms with Crippen LogP contribution in [0, 0.1) is 5.92 Å². The van der Waals surface area contributed by atoms with Crippen molar-refractivity contribution in [3.05, 3.63) is 71.3 Å². The molecule has 1 aliphatic carbocycles. The highest BCUT2D eigenvalue weighted by Crippen LogP contribution is 2.27. The van der Waals surface area contributed by atoms with Gasteiger partial charge in [-0.15, -0.1) is 0 Å². The van der Waals surface area contributed by atoms with Crippen molar-refractivity contribution in [1.82, 2.24) is 15.1 Å². The van der Waals surface area contributed by atoms with E-state index in [1.165, 1.54) is 11.1 Å². The molecule has 268 valence electrons. The van der Waals surface area contributed by atoms with Crippen LogP contribution in [0.5, 0.6) is 0 Å². The maximum absolute atomic E-state index is 14.0. The fraction of sp³-hybridized carbons (Fsp3) is 0.590. The number of carbonyl (C=O) groups is 4. The lowest BCUT2D eigenvalue weighted by Gasteiger charge is -2.33. The zero-order valence-corrected chi connectivity index (χ0v) is 30.0. The molecule has 1 N–H and O–H groups in total. The van der Waals surface area contributed by atoms with Crippen molar-refractivity contribution in [1.29, 1.82) is 0 Å². The summed E-state index contributed by atoms with van der Waals surface area (Å²) in [5.74, 6) is -0.575. The SMILES string of the molecule is CCOC(=O)[C@H](CCCCC1CCN(C(=O)OCc2ccccc2)CC1)N[C@@H](C)C(=O)N(CC(=O)OC(C)(C)C)C1Cc2ccccc2C1. The summed E-state index contributed by atoms with van der Waals surface area (Å²) >= 11 is 0. The summed E-state index contributed by atoms with van der Waals surface area (Å²) in [7, 11) is 0. The van der Waals surface area contributed by atoms with E-state index in [0.717, 1.165) is 37.7 Å². The lowest BCUT2D eigenvalue weighted by Crippen LogP contribution is -2.55. The van der Waals surface area contributed by atoms with Crippen LogP contribution in [0.4, 0.5) is 4.79 Å². The molecule has 1 aliphatic heterocycles. The summed E-state index contributed by atoms with van der Waals surface area (Å²) in [5.41, 5.74) is 2.65. The number of unbranched alkanes of at least 4 members (excludes halogenated alkanes) is 1. The van der Waals surface area contributed by atoms with Crippen LogP contribution in [0.15, 0.2) is 54.6 Å². The summed E-state index contributed by atoms with van der Waals surface area (Å²) in [6.07, 6.45) is 6.14. The van der Waals surface area contributed by atoms with E-state index in [-0.39, 0.29) is 43.8 Å². The highest BCUT2D eigenvalue weighted by molar-refractivity contribution is 5.87. The van der Waals surface area contributed by atoms with Gasteiger partial charge in [0.25, 0.3) is 0 Å². The topological polar surface area (TPSA) is 114 Å². The largest absolute Gasteiger partial charge is 0.465 e. The number of nitrogens with one attached hydrogen (secondary N) is 1. The Balaban J connectivity index is 1.27. The Morgan fingerprint density at radius 2 is 1.55 bits per heavy atom. The summed E-state index contributed by atoms with van der Waals surface area (Å²) in [5, 5.41) is 3.25. The molecule has 0 unspecified atom stereocenters. The number of likely N-dealkylation sites (tertiary alicyclic amines) is 1. The Morgan fingerprint density at radius 3 is 2.16 bits per heavy atom. The van der Waals surface area contributed by atoms with Crippen LogP contribution in [0.3, 0.4) is 0 Å². The maximum atomic E-state index is 14.0. The van der Waals surface area contributed by atoms with Gasteiger partial charge in [-0.2, -0.15) is 0 Å². The molecule has 0 aromatic heterocycles. The molecule has 1 heterocycles. The maximum Gasteiger partial charge on any atom is 0.410 e. The van der Waals surface area contributed by atoms with E-state index < -0.39 is 23.7 Å². The molecule has 10 nitrogen and oxygen atoms in total. The minimum atomic E-state index is -0.716. The molecule has 10 heteroatoms. The highest BCUT2D eigenvalue weighted by Gasteiger charge is 2.36. The van der Waals surface area contributed by atoms with Crippen LogP contribution in [-0.2, 0) is 48.0 Å². The zero-order valence-electron chi connectivity index (χ0n) is 30.0. The summed E-state index contributed by atoms with van der Waals surface area (Å²) in [6.45, 7) is 10.7. The molecule has 2 amide bonds. The smallest absolute Gasteiger partial charge is 0.410 e. The second kappa shape index (κ2) is 18.2. The molecule has 0 spiro atoms. The predicted octanol–water partition coefficient (Wildman–Crippen LogP) is 5.84. The van der Waals surface area contributed by atoms with Crippen molar-refractivity contribution in [2.75, 3.05) is 26.2 Å². The zero-order chi connectivity index (χ0) is 35.4. The summed E-state index contributed by atoms with van der Waals surface area (Å²) < 4.78 is 16.5. The number of hydrogen-bond donors (Lipinski definition) is 1. The molecule has 0 radical (unpaired) electrons. The Labute approximate surface area is 291 Å². The van der Waals surface area contributed by atoms with Gasteiger partial charge in [0.1, 0.15) is 24.8 Å². The van der Waals surface area contributed by atoms with Crippen molar-refractivity contribution in [2.24, 2.45) is 5.92 Å². The number of piperidine rings is 1. The van der Waals surface area contributed by atoms with E-state index >= 15 is 0 Å². The molecule has 0 bridgehead atoms. The summed E-state index contributed by atoms with van der Waals surface area (Å²) in [4.78, 5) is 55.9. The monoisotopic (exact) mass is 677 g/mol. The van der Waals surface area contributed by atoms with Gasteiger partial charge in [-0.3, -0.25) is 19.7 Å². The van der Waals surface area contributed by atoms with Crippen LogP contribution >= 0.6 is 0 Å². The lowest BCUT2D eigenvalue weighted by molar-refractivity contribution is -0.160. The number of esters is 2. The van der Waals surface area contributed by atoms with E-state index in [1.807, 2.05) is 63.2 Å². The second-order valence-electron chi connectivity index (χ2n) is 14.3. The highest BCUT2D eigenvalue weighted by atomic mass is 16.6. The first-order chi connectivity index (χ1) is 23.4. The molecule has 1 fully saturated rings. The third kappa shape index (κ3) is 11.9. The van der Waals surface area contributed by atoms with Crippen molar-refractivity contribution in [3.63, 3.8) is 0 Å². The Bertz CT molecular complexity index is 1360. The van der Waals surface area contributed by atoms with Gasteiger partial charge < -0.3 is 24.0 Å². The molecular formula is C39H55N3O7. The first kappa shape index (κ1) is 37.9. The Morgan fingerprint density at radius 1 is 0.918 bits per heavy atom. The number of benzene rings is 2. The van der Waals surface area contributed by atoms with Gasteiger partial charge in [-0.05, 0) is 89.3 Å². The molecule has 49 heavy (non-hydrogen) atoms. The van der Waals surface area contributed by atoms with Crippen LogP contribution < -0.4 is 5.32 Å². The third-order valence-corrected chi connectivity index (χ3v) is 9.30. The van der Waals surface area contributed by atoms with E-state index in [0.29, 0.717) is 38.3 Å². The number of ether oxygens (including phenoxy) is 3. The quantitative estimate of drug-likeness (QED) is 0.142. The molecular weight excluding hydrogens is 622 g/mol. The average Bonchev–Trinajstić information content (AvgIpc) is 3.51. The van der Waals surface area contributed by atoms with E-state index in [2.05, 4.69) is 17.4 Å². The van der Waals surface area contributed by atoms with Crippen molar-refractivity contribution < 1.29 is 33.4 Å². The average molecular weight is 678 g/mol. The number of fused-ring (bicyclic) bond motifs is 1. The molecule has 2 aliphatic rings. The normalized spacial score (nSPS) is 16.4. The van der Waals surface area contributed by atoms with Crippen molar-refractivity contribution in [2.45, 2.75) is 116 Å². The van der Waals surface area contributed by atoms with Crippen LogP contribution in [0.1, 0.15) is 89.8 Å². The van der Waals surface area contributed by atoms with Crippen LogP contribution in [-0.4, -0.2) is 83.7 Å². The van der Waals surface area contributed by atoms with Gasteiger partial charge in [0.15, 0.2) is 0 Å². The predicted molar refractivity (Wildman–Crippen MR) is 188 cm³/mol. The van der Waals surface area contributed by atoms with Gasteiger partial charge in [-0.1, -0.05) is 73.9 Å². The minimum Gasteiger partial charge on any atom is -0.465 e. The van der Waals surface area contributed by atoms with E-state index in [9.17, 15) is 19.2 Å². The first-order valence-corrected chi connectivity index (χ1v) is 17.9. The second-order valence-corrected chi connectivity index (χ2v) is 14.3. The fourth-order valence-corrected chi connectivity index (χ4v) is 6.79. The molecule has 4 rings (SSSR count). The van der Waals surface area contributed by atoms with Gasteiger partial charge in [-0.25, -0.2) is 4.79 Å². The first-order valence-electron chi connectivity index (χ1n) is 17.9. The molecule has 0 saturated carbocycles. The van der Waals surface area contributed by atoms with Crippen molar-refractivity contribution in [3.8, 4) is 0 Å². The van der Waals surface area contributed by atoms with E-state index in [4.69, 9.17) is 14.2 Å². The molecule has 2 aromatic carbocycles. The van der Waals surface area contributed by atoms with Gasteiger partial charge >= 0.3 is 18.0 Å².